The Bertz CT molecular complexity index is 325. The smallest absolute Gasteiger partial charge is 0.0741 e. The van der Waals surface area contributed by atoms with E-state index in [-0.39, 0.29) is 12.1 Å². The van der Waals surface area contributed by atoms with Gasteiger partial charge in [-0.15, -0.1) is 0 Å². The fourth-order valence-electron chi connectivity index (χ4n) is 2.22. The summed E-state index contributed by atoms with van der Waals surface area (Å²) in [4.78, 5) is 0. The van der Waals surface area contributed by atoms with Crippen molar-refractivity contribution >= 4 is 28.3 Å². The molecule has 2 atom stereocenters. The molecule has 2 rings (SSSR count). The zero-order chi connectivity index (χ0) is 11.4. The molecule has 0 bridgehead atoms. The van der Waals surface area contributed by atoms with Crippen LogP contribution in [0.2, 0.25) is 0 Å². The summed E-state index contributed by atoms with van der Waals surface area (Å²) in [6.45, 7) is 0. The van der Waals surface area contributed by atoms with Gasteiger partial charge in [0.2, 0.25) is 0 Å². The van der Waals surface area contributed by atoms with Crippen molar-refractivity contribution < 1.29 is 5.11 Å². The molecule has 1 aliphatic carbocycles. The lowest BCUT2D eigenvalue weighted by molar-refractivity contribution is 0.144. The third kappa shape index (κ3) is 3.35. The van der Waals surface area contributed by atoms with E-state index >= 15 is 0 Å². The lowest BCUT2D eigenvalue weighted by atomic mass is 10.1. The summed E-state index contributed by atoms with van der Waals surface area (Å²) in [7, 11) is 0. The van der Waals surface area contributed by atoms with E-state index in [2.05, 4.69) is 52.2 Å². The van der Waals surface area contributed by atoms with Crippen molar-refractivity contribution in [3.8, 4) is 0 Å². The third-order valence-corrected chi connectivity index (χ3v) is 3.89. The first-order chi connectivity index (χ1) is 7.75. The highest BCUT2D eigenvalue weighted by molar-refractivity contribution is 14.1. The van der Waals surface area contributed by atoms with Crippen LogP contribution >= 0.6 is 22.6 Å². The van der Waals surface area contributed by atoms with Crippen LogP contribution in [0.5, 0.6) is 0 Å². The lowest BCUT2D eigenvalue weighted by Gasteiger charge is -2.22. The Morgan fingerprint density at radius 2 is 1.75 bits per heavy atom. The van der Waals surface area contributed by atoms with Gasteiger partial charge in [0.05, 0.1) is 12.1 Å². The fourth-order valence-corrected chi connectivity index (χ4v) is 2.58. The van der Waals surface area contributed by atoms with Gasteiger partial charge in [-0.3, -0.25) is 0 Å². The molecule has 0 aromatic heterocycles. The van der Waals surface area contributed by atoms with Gasteiger partial charge in [0.1, 0.15) is 0 Å². The van der Waals surface area contributed by atoms with Crippen LogP contribution in [0.25, 0.3) is 0 Å². The van der Waals surface area contributed by atoms with E-state index in [1.165, 1.54) is 16.4 Å². The second-order valence-corrected chi connectivity index (χ2v) is 5.71. The van der Waals surface area contributed by atoms with Crippen LogP contribution in [-0.4, -0.2) is 17.3 Å². The van der Waals surface area contributed by atoms with Crippen LogP contribution in [-0.2, 0) is 0 Å². The fraction of sp³-hybridized carbons (Fsp3) is 0.538. The summed E-state index contributed by atoms with van der Waals surface area (Å²) < 4.78 is 1.24. The van der Waals surface area contributed by atoms with Crippen molar-refractivity contribution in [1.29, 1.82) is 0 Å². The predicted octanol–water partition coefficient (Wildman–Crippen LogP) is 3.40. The molecule has 88 valence electrons. The molecule has 1 aromatic rings. The van der Waals surface area contributed by atoms with Gasteiger partial charge in [-0.05, 0) is 59.7 Å². The number of hydrogen-bond donors (Lipinski definition) is 2. The Hall–Kier alpha value is -0.290. The lowest BCUT2D eigenvalue weighted by Crippen LogP contribution is -2.32. The van der Waals surface area contributed by atoms with Crippen molar-refractivity contribution in [3.05, 3.63) is 27.8 Å². The summed E-state index contributed by atoms with van der Waals surface area (Å²) in [5, 5.41) is 13.4. The van der Waals surface area contributed by atoms with Gasteiger partial charge in [-0.2, -0.15) is 0 Å². The molecule has 0 aliphatic heterocycles. The molecular weight excluding hydrogens is 313 g/mol. The van der Waals surface area contributed by atoms with Crippen molar-refractivity contribution in [2.45, 2.75) is 44.2 Å². The average Bonchev–Trinajstić information content (AvgIpc) is 2.48. The molecule has 2 N–H and O–H groups in total. The summed E-state index contributed by atoms with van der Waals surface area (Å²) in [5.41, 5.74) is 1.12. The monoisotopic (exact) mass is 331 g/mol. The molecule has 16 heavy (non-hydrogen) atoms. The van der Waals surface area contributed by atoms with Crippen molar-refractivity contribution in [1.82, 2.24) is 0 Å². The summed E-state index contributed by atoms with van der Waals surface area (Å²) in [5.74, 6) is 0. The number of nitrogens with one attached hydrogen (secondary N) is 1. The molecule has 0 saturated heterocycles. The number of aliphatic hydroxyl groups is 1. The molecule has 0 amide bonds. The maximum Gasteiger partial charge on any atom is 0.0741 e. The third-order valence-electron chi connectivity index (χ3n) is 3.18. The van der Waals surface area contributed by atoms with Crippen LogP contribution in [0.1, 0.15) is 32.1 Å². The SMILES string of the molecule is OC1CCCCCC1Nc1ccc(I)cc1. The molecule has 2 unspecified atom stereocenters. The largest absolute Gasteiger partial charge is 0.391 e. The first-order valence-corrected chi connectivity index (χ1v) is 7.04. The number of hydrogen-bond acceptors (Lipinski definition) is 2. The average molecular weight is 331 g/mol. The number of rotatable bonds is 2. The van der Waals surface area contributed by atoms with E-state index in [0.29, 0.717) is 0 Å². The van der Waals surface area contributed by atoms with Gasteiger partial charge in [0, 0.05) is 9.26 Å². The van der Waals surface area contributed by atoms with Gasteiger partial charge >= 0.3 is 0 Å². The second-order valence-electron chi connectivity index (χ2n) is 4.46. The molecule has 1 aliphatic rings. The number of anilines is 1. The Labute approximate surface area is 111 Å². The van der Waals surface area contributed by atoms with Crippen molar-refractivity contribution in [2.24, 2.45) is 0 Å². The predicted molar refractivity (Wildman–Crippen MR) is 75.7 cm³/mol. The highest BCUT2D eigenvalue weighted by Crippen LogP contribution is 2.22. The van der Waals surface area contributed by atoms with Gasteiger partial charge < -0.3 is 10.4 Å². The van der Waals surface area contributed by atoms with Crippen LogP contribution < -0.4 is 5.32 Å². The standard InChI is InChI=1S/C13H18INO/c14-10-6-8-11(9-7-10)15-12-4-2-1-3-5-13(12)16/h6-9,12-13,15-16H,1-5H2. The van der Waals surface area contributed by atoms with E-state index in [0.717, 1.165) is 24.9 Å². The van der Waals surface area contributed by atoms with Gasteiger partial charge in [0.15, 0.2) is 0 Å². The van der Waals surface area contributed by atoms with E-state index in [4.69, 9.17) is 0 Å². The maximum absolute atomic E-state index is 10.0. The van der Waals surface area contributed by atoms with Gasteiger partial charge in [-0.1, -0.05) is 19.3 Å². The number of aliphatic hydroxyl groups excluding tert-OH is 1. The zero-order valence-corrected chi connectivity index (χ0v) is 11.5. The molecule has 1 aromatic carbocycles. The molecule has 0 radical (unpaired) electrons. The van der Waals surface area contributed by atoms with Crippen LogP contribution in [0.15, 0.2) is 24.3 Å². The Morgan fingerprint density at radius 1 is 1.06 bits per heavy atom. The molecule has 2 nitrogen and oxygen atoms in total. The highest BCUT2D eigenvalue weighted by atomic mass is 127. The quantitative estimate of drug-likeness (QED) is 0.643. The van der Waals surface area contributed by atoms with Crippen LogP contribution in [0.3, 0.4) is 0 Å². The molecule has 1 saturated carbocycles. The summed E-state index contributed by atoms with van der Waals surface area (Å²) in [6.07, 6.45) is 5.45. The van der Waals surface area contributed by atoms with Crippen LogP contribution in [0, 0.1) is 3.57 Å². The molecule has 0 heterocycles. The van der Waals surface area contributed by atoms with E-state index in [1.54, 1.807) is 0 Å². The van der Waals surface area contributed by atoms with E-state index in [1.807, 2.05) is 0 Å². The first-order valence-electron chi connectivity index (χ1n) is 5.96. The minimum absolute atomic E-state index is 0.193. The van der Waals surface area contributed by atoms with Crippen LogP contribution in [0.4, 0.5) is 5.69 Å². The Balaban J connectivity index is 1.99. The second kappa shape index (κ2) is 5.87. The summed E-state index contributed by atoms with van der Waals surface area (Å²) >= 11 is 2.30. The highest BCUT2D eigenvalue weighted by Gasteiger charge is 2.20. The number of halogens is 1. The zero-order valence-electron chi connectivity index (χ0n) is 9.32. The first kappa shape index (κ1) is 12.2. The van der Waals surface area contributed by atoms with Gasteiger partial charge in [-0.25, -0.2) is 0 Å². The Morgan fingerprint density at radius 3 is 2.50 bits per heavy atom. The van der Waals surface area contributed by atoms with Gasteiger partial charge in [0.25, 0.3) is 0 Å². The maximum atomic E-state index is 10.0. The molecular formula is C13H18INO. The van der Waals surface area contributed by atoms with Crippen molar-refractivity contribution in [3.63, 3.8) is 0 Å². The summed E-state index contributed by atoms with van der Waals surface area (Å²) in [6, 6.07) is 8.57. The topological polar surface area (TPSA) is 32.3 Å². The molecule has 0 spiro atoms. The Kier molecular flexibility index (Phi) is 4.46. The minimum Gasteiger partial charge on any atom is -0.391 e. The van der Waals surface area contributed by atoms with Crippen molar-refractivity contribution in [2.75, 3.05) is 5.32 Å². The minimum atomic E-state index is -0.193. The molecule has 1 fully saturated rings. The number of benzene rings is 1. The van der Waals surface area contributed by atoms with E-state index in [9.17, 15) is 5.11 Å². The molecule has 3 heteroatoms. The van der Waals surface area contributed by atoms with E-state index < -0.39 is 0 Å². The normalized spacial score (nSPS) is 26.1.